The molecule has 0 unspecified atom stereocenters. The van der Waals surface area contributed by atoms with Crippen LogP contribution in [0.2, 0.25) is 0 Å². The first-order chi connectivity index (χ1) is 12.7. The summed E-state index contributed by atoms with van der Waals surface area (Å²) in [4.78, 5) is 0. The molecule has 0 fully saturated rings. The molecule has 27 heavy (non-hydrogen) atoms. The molecule has 2 heteroatoms. The van der Waals surface area contributed by atoms with Gasteiger partial charge in [0.15, 0.2) is 5.69 Å². The van der Waals surface area contributed by atoms with E-state index in [1.54, 1.807) is 0 Å². The van der Waals surface area contributed by atoms with E-state index in [4.69, 9.17) is 0 Å². The van der Waals surface area contributed by atoms with E-state index in [0.29, 0.717) is 5.41 Å². The van der Waals surface area contributed by atoms with Crippen LogP contribution in [-0.2, 0) is 13.5 Å². The summed E-state index contributed by atoms with van der Waals surface area (Å²) < 4.78 is 3.70. The van der Waals surface area contributed by atoms with Crippen molar-refractivity contribution in [2.45, 2.75) is 41.0 Å². The molecule has 0 aliphatic heterocycles. The summed E-state index contributed by atoms with van der Waals surface area (Å²) in [7, 11) is 2.19. The third-order valence-corrected chi connectivity index (χ3v) is 6.27. The lowest BCUT2D eigenvalue weighted by atomic mass is 9.87. The van der Waals surface area contributed by atoms with Gasteiger partial charge in [0.25, 0.3) is 0 Å². The summed E-state index contributed by atoms with van der Waals surface area (Å²) in [6.07, 6.45) is 1.10. The number of hydrogen-bond acceptors (Lipinski definition) is 1. The van der Waals surface area contributed by atoms with Crippen LogP contribution < -0.4 is 4.57 Å². The van der Waals surface area contributed by atoms with Crippen LogP contribution in [0.3, 0.4) is 0 Å². The van der Waals surface area contributed by atoms with Crippen LogP contribution in [0.15, 0.2) is 47.8 Å². The number of pyridine rings is 1. The number of aryl methyl sites for hydroxylation is 2. The first-order valence-corrected chi connectivity index (χ1v) is 10.5. The third-order valence-electron chi connectivity index (χ3n) is 5.39. The highest BCUT2D eigenvalue weighted by molar-refractivity contribution is 7.17. The summed E-state index contributed by atoms with van der Waals surface area (Å²) in [6, 6.07) is 16.2. The second-order valence-electron chi connectivity index (χ2n) is 8.98. The fourth-order valence-corrected chi connectivity index (χ4v) is 4.86. The van der Waals surface area contributed by atoms with Gasteiger partial charge in [-0.05, 0) is 70.3 Å². The molecule has 2 aromatic carbocycles. The Balaban J connectivity index is 1.98. The van der Waals surface area contributed by atoms with Gasteiger partial charge in [0.1, 0.15) is 7.05 Å². The van der Waals surface area contributed by atoms with Crippen LogP contribution in [0.5, 0.6) is 0 Å². The van der Waals surface area contributed by atoms with Gasteiger partial charge in [-0.15, -0.1) is 11.3 Å². The third kappa shape index (κ3) is 3.39. The number of benzene rings is 2. The van der Waals surface area contributed by atoms with Crippen LogP contribution >= 0.6 is 11.3 Å². The first-order valence-electron chi connectivity index (χ1n) is 9.63. The van der Waals surface area contributed by atoms with Crippen molar-refractivity contribution < 1.29 is 4.57 Å². The number of nitrogens with zero attached hydrogens (tertiary/aromatic N) is 1. The highest BCUT2D eigenvalue weighted by Gasteiger charge is 2.21. The van der Waals surface area contributed by atoms with Crippen LogP contribution in [-0.4, -0.2) is 0 Å². The van der Waals surface area contributed by atoms with Gasteiger partial charge in [-0.3, -0.25) is 0 Å². The highest BCUT2D eigenvalue weighted by Crippen LogP contribution is 2.34. The second-order valence-corrected chi connectivity index (χ2v) is 9.93. The van der Waals surface area contributed by atoms with Crippen molar-refractivity contribution in [2.75, 3.05) is 0 Å². The Bertz CT molecular complexity index is 1160. The Morgan fingerprint density at radius 1 is 0.926 bits per heavy atom. The zero-order valence-electron chi connectivity index (χ0n) is 17.2. The Kier molecular flexibility index (Phi) is 4.35. The fraction of sp³-hybridized carbons (Fsp3) is 0.320. The molecule has 0 aliphatic carbocycles. The number of hydrogen-bond donors (Lipinski definition) is 0. The average molecular weight is 375 g/mol. The van der Waals surface area contributed by atoms with Gasteiger partial charge in [-0.1, -0.05) is 32.9 Å². The highest BCUT2D eigenvalue weighted by atomic mass is 32.1. The smallest absolute Gasteiger partial charge is 0.198 e. The number of thiophene rings is 1. The molecule has 0 amide bonds. The number of rotatable bonds is 2. The zero-order valence-corrected chi connectivity index (χ0v) is 18.0. The van der Waals surface area contributed by atoms with E-state index in [-0.39, 0.29) is 0 Å². The molecule has 4 aromatic rings. The van der Waals surface area contributed by atoms with Crippen LogP contribution in [0.25, 0.3) is 32.1 Å². The van der Waals surface area contributed by atoms with Crippen molar-refractivity contribution in [3.63, 3.8) is 0 Å². The second kappa shape index (κ2) is 6.45. The lowest BCUT2D eigenvalue weighted by Gasteiger charge is -2.18. The SMILES string of the molecule is Cc1cc2ccsc2cc1-c1c2ccc(CC(C)(C)C)cc2cc(C)[n+]1C. The van der Waals surface area contributed by atoms with Crippen molar-refractivity contribution in [3.8, 4) is 11.3 Å². The molecule has 0 aliphatic rings. The molecule has 0 bridgehead atoms. The van der Waals surface area contributed by atoms with Gasteiger partial charge in [0, 0.05) is 17.7 Å². The molecule has 0 saturated carbocycles. The van der Waals surface area contributed by atoms with E-state index >= 15 is 0 Å². The molecular formula is C25H28NS+. The quantitative estimate of drug-likeness (QED) is 0.342. The van der Waals surface area contributed by atoms with Gasteiger partial charge in [-0.2, -0.15) is 4.57 Å². The monoisotopic (exact) mass is 374 g/mol. The Morgan fingerprint density at radius 2 is 1.70 bits per heavy atom. The first kappa shape index (κ1) is 18.2. The van der Waals surface area contributed by atoms with E-state index in [2.05, 4.69) is 94.1 Å². The molecular weight excluding hydrogens is 346 g/mol. The Hall–Kier alpha value is -2.19. The minimum atomic E-state index is 0.297. The minimum Gasteiger partial charge on any atom is -0.198 e. The average Bonchev–Trinajstić information content (AvgIpc) is 3.01. The Morgan fingerprint density at radius 3 is 2.44 bits per heavy atom. The molecule has 138 valence electrons. The topological polar surface area (TPSA) is 3.88 Å². The molecule has 2 heterocycles. The predicted molar refractivity (Wildman–Crippen MR) is 119 cm³/mol. The zero-order chi connectivity index (χ0) is 19.3. The molecule has 1 nitrogen and oxygen atoms in total. The normalized spacial score (nSPS) is 12.2. The maximum atomic E-state index is 2.39. The minimum absolute atomic E-state index is 0.297. The van der Waals surface area contributed by atoms with Gasteiger partial charge in [-0.25, -0.2) is 0 Å². The summed E-state index contributed by atoms with van der Waals surface area (Å²) in [5.74, 6) is 0. The van der Waals surface area contributed by atoms with E-state index in [9.17, 15) is 0 Å². The molecule has 2 aromatic heterocycles. The van der Waals surface area contributed by atoms with Crippen molar-refractivity contribution in [1.29, 1.82) is 0 Å². The van der Waals surface area contributed by atoms with Gasteiger partial charge in [0.2, 0.25) is 5.69 Å². The Labute approximate surface area is 166 Å². The summed E-state index contributed by atoms with van der Waals surface area (Å²) in [5, 5.41) is 6.20. The van der Waals surface area contributed by atoms with Crippen molar-refractivity contribution >= 4 is 32.2 Å². The lowest BCUT2D eigenvalue weighted by Crippen LogP contribution is -2.35. The molecule has 0 radical (unpaired) electrons. The summed E-state index contributed by atoms with van der Waals surface area (Å²) in [6.45, 7) is 11.3. The van der Waals surface area contributed by atoms with Gasteiger partial charge < -0.3 is 0 Å². The lowest BCUT2D eigenvalue weighted by molar-refractivity contribution is -0.665. The van der Waals surface area contributed by atoms with Crippen molar-refractivity contribution in [2.24, 2.45) is 12.5 Å². The largest absolute Gasteiger partial charge is 0.220 e. The number of aromatic nitrogens is 1. The van der Waals surface area contributed by atoms with Crippen LogP contribution in [0.1, 0.15) is 37.6 Å². The van der Waals surface area contributed by atoms with E-state index in [0.717, 1.165) is 6.42 Å². The van der Waals surface area contributed by atoms with E-state index < -0.39 is 0 Å². The van der Waals surface area contributed by atoms with Gasteiger partial charge in [0.05, 0.1) is 10.9 Å². The maximum absolute atomic E-state index is 2.39. The predicted octanol–water partition coefficient (Wildman–Crippen LogP) is 6.75. The van der Waals surface area contributed by atoms with E-state index in [1.165, 1.54) is 48.9 Å². The summed E-state index contributed by atoms with van der Waals surface area (Å²) in [5.41, 5.74) is 6.99. The maximum Gasteiger partial charge on any atom is 0.220 e. The van der Waals surface area contributed by atoms with Crippen LogP contribution in [0.4, 0.5) is 0 Å². The van der Waals surface area contributed by atoms with Gasteiger partial charge >= 0.3 is 0 Å². The molecule has 0 saturated heterocycles. The number of fused-ring (bicyclic) bond motifs is 2. The molecule has 0 atom stereocenters. The van der Waals surface area contributed by atoms with E-state index in [1.807, 2.05) is 11.3 Å². The van der Waals surface area contributed by atoms with Crippen molar-refractivity contribution in [3.05, 3.63) is 64.7 Å². The molecule has 0 N–H and O–H groups in total. The standard InChI is InChI=1S/C25H28NS/c1-16-11-19-9-10-27-23(19)14-22(16)24-21-8-7-18(15-25(3,4)5)13-20(21)12-17(2)26(24)6/h7-14H,15H2,1-6H3/q+1. The molecule has 4 rings (SSSR count). The fourth-order valence-electron chi connectivity index (χ4n) is 4.05. The van der Waals surface area contributed by atoms with Crippen LogP contribution in [0, 0.1) is 19.3 Å². The summed E-state index contributed by atoms with van der Waals surface area (Å²) >= 11 is 1.82. The van der Waals surface area contributed by atoms with Crippen molar-refractivity contribution in [1.82, 2.24) is 0 Å². The molecule has 0 spiro atoms.